The number of hydrogen-bond acceptors (Lipinski definition) is 3. The molecule has 0 saturated carbocycles. The van der Waals surface area contributed by atoms with Gasteiger partial charge in [-0.1, -0.05) is 43.6 Å². The highest BCUT2D eigenvalue weighted by Gasteiger charge is 2.37. The molecule has 96 valence electrons. The summed E-state index contributed by atoms with van der Waals surface area (Å²) in [6, 6.07) is 0. The molecule has 1 fully saturated rings. The van der Waals surface area contributed by atoms with Gasteiger partial charge >= 0.3 is 7.75 Å². The lowest BCUT2D eigenvalue weighted by atomic mass is 9.96. The van der Waals surface area contributed by atoms with Crippen LogP contribution in [0.15, 0.2) is 0 Å². The first-order chi connectivity index (χ1) is 7.18. The molecule has 0 amide bonds. The second-order valence-electron chi connectivity index (χ2n) is 5.84. The van der Waals surface area contributed by atoms with Gasteiger partial charge in [0.15, 0.2) is 0 Å². The van der Waals surface area contributed by atoms with E-state index in [9.17, 15) is 4.57 Å². The van der Waals surface area contributed by atoms with Gasteiger partial charge in [-0.2, -0.15) is 0 Å². The van der Waals surface area contributed by atoms with E-state index in [0.29, 0.717) is 19.8 Å². The average molecular weight is 314 g/mol. The number of alkyl halides is 1. The third-order valence-electron chi connectivity index (χ3n) is 2.36. The monoisotopic (exact) mass is 313 g/mol. The third-order valence-corrected chi connectivity index (χ3v) is 5.36. The summed E-state index contributed by atoms with van der Waals surface area (Å²) in [7, 11) is -3.07. The van der Waals surface area contributed by atoms with Gasteiger partial charge in [0.2, 0.25) is 0 Å². The van der Waals surface area contributed by atoms with E-state index in [0.717, 1.165) is 5.33 Å². The fourth-order valence-corrected chi connectivity index (χ4v) is 3.13. The van der Waals surface area contributed by atoms with Gasteiger partial charge in [-0.3, -0.25) is 9.05 Å². The van der Waals surface area contributed by atoms with Crippen molar-refractivity contribution >= 4 is 23.7 Å². The van der Waals surface area contributed by atoms with Crippen LogP contribution in [0, 0.1) is 10.8 Å². The minimum Gasteiger partial charge on any atom is -0.296 e. The quantitative estimate of drug-likeness (QED) is 0.639. The normalized spacial score (nSPS) is 30.3. The molecule has 1 rings (SSSR count). The first-order valence-corrected chi connectivity index (χ1v) is 8.05. The predicted molar refractivity (Wildman–Crippen MR) is 68.9 cm³/mol. The smallest absolute Gasteiger partial charge is 0.296 e. The van der Waals surface area contributed by atoms with Crippen molar-refractivity contribution in [3.8, 4) is 0 Å². The summed E-state index contributed by atoms with van der Waals surface area (Å²) in [5.74, 6) is 0. The fourth-order valence-electron chi connectivity index (χ4n) is 1.05. The number of rotatable bonds is 4. The van der Waals surface area contributed by atoms with Crippen LogP contribution in [0.2, 0.25) is 0 Å². The Bertz CT molecular complexity index is 280. The van der Waals surface area contributed by atoms with Gasteiger partial charge in [0.25, 0.3) is 0 Å². The van der Waals surface area contributed by atoms with Gasteiger partial charge in [0, 0.05) is 17.3 Å². The lowest BCUT2D eigenvalue weighted by molar-refractivity contribution is 0.0898. The Morgan fingerprint density at radius 3 is 2.62 bits per heavy atom. The van der Waals surface area contributed by atoms with Gasteiger partial charge < -0.3 is 0 Å². The molecule has 1 N–H and O–H groups in total. The highest BCUT2D eigenvalue weighted by atomic mass is 79.9. The molecular weight excluding hydrogens is 293 g/mol. The van der Waals surface area contributed by atoms with Crippen molar-refractivity contribution in [1.82, 2.24) is 5.09 Å². The molecule has 0 radical (unpaired) electrons. The SMILES string of the molecule is CC(C)(CBr)COP1(=O)NCC(C)(C)CO1. The molecule has 4 nitrogen and oxygen atoms in total. The van der Waals surface area contributed by atoms with E-state index in [-0.39, 0.29) is 10.8 Å². The van der Waals surface area contributed by atoms with E-state index in [2.05, 4.69) is 34.9 Å². The molecule has 1 aliphatic rings. The second kappa shape index (κ2) is 5.07. The Kier molecular flexibility index (Phi) is 4.64. The molecule has 0 aromatic carbocycles. The summed E-state index contributed by atoms with van der Waals surface area (Å²) in [4.78, 5) is 0. The lowest BCUT2D eigenvalue weighted by Gasteiger charge is -2.35. The lowest BCUT2D eigenvalue weighted by Crippen LogP contribution is -2.38. The summed E-state index contributed by atoms with van der Waals surface area (Å²) in [5, 5.41) is 3.68. The highest BCUT2D eigenvalue weighted by Crippen LogP contribution is 2.49. The van der Waals surface area contributed by atoms with Gasteiger partial charge in [-0.15, -0.1) is 0 Å². The van der Waals surface area contributed by atoms with Gasteiger partial charge in [-0.25, -0.2) is 9.65 Å². The highest BCUT2D eigenvalue weighted by molar-refractivity contribution is 9.09. The molecule has 6 heteroatoms. The van der Waals surface area contributed by atoms with Crippen LogP contribution in [0.1, 0.15) is 27.7 Å². The fraction of sp³-hybridized carbons (Fsp3) is 1.00. The Balaban J connectivity index is 2.46. The minimum atomic E-state index is -3.07. The maximum atomic E-state index is 12.1. The van der Waals surface area contributed by atoms with Crippen molar-refractivity contribution in [3.63, 3.8) is 0 Å². The van der Waals surface area contributed by atoms with Crippen molar-refractivity contribution < 1.29 is 13.6 Å². The molecule has 0 aromatic heterocycles. The number of halogens is 1. The molecule has 0 spiro atoms. The third kappa shape index (κ3) is 4.46. The van der Waals surface area contributed by atoms with Crippen LogP contribution in [-0.2, 0) is 13.6 Å². The van der Waals surface area contributed by atoms with E-state index in [1.54, 1.807) is 0 Å². The van der Waals surface area contributed by atoms with Crippen LogP contribution < -0.4 is 5.09 Å². The van der Waals surface area contributed by atoms with Gasteiger partial charge in [0.1, 0.15) is 0 Å². The Morgan fingerprint density at radius 2 is 2.19 bits per heavy atom. The topological polar surface area (TPSA) is 47.6 Å². The average Bonchev–Trinajstić information content (AvgIpc) is 2.21. The molecule has 16 heavy (non-hydrogen) atoms. The summed E-state index contributed by atoms with van der Waals surface area (Å²) < 4.78 is 22.9. The molecule has 1 unspecified atom stereocenters. The first-order valence-electron chi connectivity index (χ1n) is 5.38. The van der Waals surface area contributed by atoms with E-state index in [4.69, 9.17) is 9.05 Å². The molecule has 1 saturated heterocycles. The molecule has 0 bridgehead atoms. The Hall–Kier alpha value is 0.590. The van der Waals surface area contributed by atoms with E-state index in [1.807, 2.05) is 13.8 Å². The zero-order chi connectivity index (χ0) is 12.4. The predicted octanol–water partition coefficient (Wildman–Crippen LogP) is 3.18. The molecule has 0 aliphatic carbocycles. The number of nitrogens with one attached hydrogen (secondary N) is 1. The van der Waals surface area contributed by atoms with Crippen molar-refractivity contribution in [1.29, 1.82) is 0 Å². The maximum absolute atomic E-state index is 12.1. The molecular formula is C10H21BrNO3P. The largest absolute Gasteiger partial charge is 0.405 e. The van der Waals surface area contributed by atoms with Gasteiger partial charge in [0.05, 0.1) is 13.2 Å². The Labute approximate surface area is 106 Å². The van der Waals surface area contributed by atoms with Crippen LogP contribution in [0.25, 0.3) is 0 Å². The zero-order valence-electron chi connectivity index (χ0n) is 10.4. The summed E-state index contributed by atoms with van der Waals surface area (Å²) >= 11 is 3.40. The molecule has 1 heterocycles. The van der Waals surface area contributed by atoms with Crippen molar-refractivity contribution in [2.75, 3.05) is 25.1 Å². The van der Waals surface area contributed by atoms with Crippen LogP contribution >= 0.6 is 23.7 Å². The van der Waals surface area contributed by atoms with Crippen LogP contribution in [-0.4, -0.2) is 25.1 Å². The molecule has 1 aliphatic heterocycles. The summed E-state index contributed by atoms with van der Waals surface area (Å²) in [6.45, 7) is 9.73. The summed E-state index contributed by atoms with van der Waals surface area (Å²) in [5.41, 5.74) is -0.0301. The molecule has 1 atom stereocenters. The number of hydrogen-bond donors (Lipinski definition) is 1. The standard InChI is InChI=1S/C10H21BrNO3P/c1-9(2,5-11)7-14-16(13)12-6-10(3,4)8-15-16/h5-8H2,1-4H3,(H,12,13). The van der Waals surface area contributed by atoms with Crippen LogP contribution in [0.3, 0.4) is 0 Å². The van der Waals surface area contributed by atoms with E-state index in [1.165, 1.54) is 0 Å². The van der Waals surface area contributed by atoms with E-state index >= 15 is 0 Å². The van der Waals surface area contributed by atoms with Crippen molar-refractivity contribution in [3.05, 3.63) is 0 Å². The van der Waals surface area contributed by atoms with E-state index < -0.39 is 7.75 Å². The second-order valence-corrected chi connectivity index (χ2v) is 8.23. The Morgan fingerprint density at radius 1 is 1.56 bits per heavy atom. The summed E-state index contributed by atoms with van der Waals surface area (Å²) in [6.07, 6.45) is 0. The van der Waals surface area contributed by atoms with Crippen molar-refractivity contribution in [2.24, 2.45) is 10.8 Å². The van der Waals surface area contributed by atoms with Crippen LogP contribution in [0.5, 0.6) is 0 Å². The first kappa shape index (κ1) is 14.7. The zero-order valence-corrected chi connectivity index (χ0v) is 12.9. The van der Waals surface area contributed by atoms with Crippen molar-refractivity contribution in [2.45, 2.75) is 27.7 Å². The maximum Gasteiger partial charge on any atom is 0.405 e. The molecule has 0 aromatic rings. The minimum absolute atomic E-state index is 0.0161. The van der Waals surface area contributed by atoms with Gasteiger partial charge in [-0.05, 0) is 5.41 Å². The van der Waals surface area contributed by atoms with Crippen LogP contribution in [0.4, 0.5) is 0 Å².